The van der Waals surface area contributed by atoms with Crippen molar-refractivity contribution in [3.05, 3.63) is 65.0 Å². The van der Waals surface area contributed by atoms with Crippen LogP contribution in [0.1, 0.15) is 30.5 Å². The van der Waals surface area contributed by atoms with Gasteiger partial charge < -0.3 is 4.74 Å². The third kappa shape index (κ3) is 4.81. The third-order valence-electron chi connectivity index (χ3n) is 4.03. The summed E-state index contributed by atoms with van der Waals surface area (Å²) in [4.78, 5) is 0. The summed E-state index contributed by atoms with van der Waals surface area (Å²) in [6.07, 6.45) is 1.48. The van der Waals surface area contributed by atoms with Crippen molar-refractivity contribution < 1.29 is 17.5 Å². The van der Waals surface area contributed by atoms with E-state index in [2.05, 4.69) is 0 Å². The predicted molar refractivity (Wildman–Crippen MR) is 94.6 cm³/mol. The molecule has 0 unspecified atom stereocenters. The van der Waals surface area contributed by atoms with Gasteiger partial charge >= 0.3 is 0 Å². The summed E-state index contributed by atoms with van der Waals surface area (Å²) >= 11 is 0. The van der Waals surface area contributed by atoms with Gasteiger partial charge in [-0.15, -0.1) is 0 Å². The molecule has 0 fully saturated rings. The average molecular weight is 350 g/mol. The van der Waals surface area contributed by atoms with E-state index in [0.29, 0.717) is 6.42 Å². The zero-order valence-corrected chi connectivity index (χ0v) is 15.1. The second kappa shape index (κ2) is 7.79. The van der Waals surface area contributed by atoms with Gasteiger partial charge in [-0.3, -0.25) is 0 Å². The maximum Gasteiger partial charge on any atom is 0.165 e. The number of sulfone groups is 1. The number of benzene rings is 2. The Labute approximate surface area is 143 Å². The third-order valence-corrected chi connectivity index (χ3v) is 6.20. The van der Waals surface area contributed by atoms with Crippen molar-refractivity contribution in [2.24, 2.45) is 0 Å². The minimum absolute atomic E-state index is 0.0641. The Morgan fingerprint density at radius 3 is 2.04 bits per heavy atom. The normalized spacial score (nSPS) is 11.7. The maximum absolute atomic E-state index is 13.7. The van der Waals surface area contributed by atoms with Crippen LogP contribution in [0.5, 0.6) is 5.75 Å². The van der Waals surface area contributed by atoms with Gasteiger partial charge in [0.1, 0.15) is 0 Å². The van der Waals surface area contributed by atoms with Crippen LogP contribution in [0.4, 0.5) is 4.39 Å². The Morgan fingerprint density at radius 1 is 0.958 bits per heavy atom. The number of hydrogen-bond donors (Lipinski definition) is 0. The SMILES string of the molecule is COc1ccc(CCc2ccc(CS(=O)(=O)C(C)C)cc2)cc1F. The van der Waals surface area contributed by atoms with Gasteiger partial charge in [-0.25, -0.2) is 12.8 Å². The first-order valence-electron chi connectivity index (χ1n) is 7.93. The lowest BCUT2D eigenvalue weighted by Crippen LogP contribution is -2.15. The van der Waals surface area contributed by atoms with Crippen LogP contribution in [-0.4, -0.2) is 20.8 Å². The van der Waals surface area contributed by atoms with Crippen LogP contribution in [0.2, 0.25) is 0 Å². The number of methoxy groups -OCH3 is 1. The van der Waals surface area contributed by atoms with E-state index in [0.717, 1.165) is 23.1 Å². The zero-order valence-electron chi connectivity index (χ0n) is 14.3. The molecule has 130 valence electrons. The monoisotopic (exact) mass is 350 g/mol. The van der Waals surface area contributed by atoms with E-state index in [-0.39, 0.29) is 22.6 Å². The topological polar surface area (TPSA) is 43.4 Å². The van der Waals surface area contributed by atoms with Crippen molar-refractivity contribution in [2.75, 3.05) is 7.11 Å². The first-order chi connectivity index (χ1) is 11.3. The average Bonchev–Trinajstić information content (AvgIpc) is 2.54. The van der Waals surface area contributed by atoms with E-state index in [1.807, 2.05) is 30.3 Å². The van der Waals surface area contributed by atoms with Gasteiger partial charge in [-0.05, 0) is 55.5 Å². The van der Waals surface area contributed by atoms with Gasteiger partial charge in [0.05, 0.1) is 18.1 Å². The molecule has 2 aromatic carbocycles. The number of rotatable bonds is 7. The van der Waals surface area contributed by atoms with Crippen molar-refractivity contribution in [1.82, 2.24) is 0 Å². The molecule has 0 aromatic heterocycles. The fraction of sp³-hybridized carbons (Fsp3) is 0.368. The Balaban J connectivity index is 1.98. The largest absolute Gasteiger partial charge is 0.494 e. The van der Waals surface area contributed by atoms with E-state index in [9.17, 15) is 12.8 Å². The quantitative estimate of drug-likeness (QED) is 0.759. The van der Waals surface area contributed by atoms with Gasteiger partial charge in [0, 0.05) is 0 Å². The first-order valence-corrected chi connectivity index (χ1v) is 9.65. The lowest BCUT2D eigenvalue weighted by atomic mass is 10.0. The first kappa shape index (κ1) is 18.5. The van der Waals surface area contributed by atoms with Crippen LogP contribution in [-0.2, 0) is 28.4 Å². The Morgan fingerprint density at radius 2 is 1.50 bits per heavy atom. The molecule has 0 saturated carbocycles. The van der Waals surface area contributed by atoms with E-state index >= 15 is 0 Å². The molecule has 0 amide bonds. The summed E-state index contributed by atoms with van der Waals surface area (Å²) in [6.45, 7) is 3.38. The van der Waals surface area contributed by atoms with Gasteiger partial charge in [0.15, 0.2) is 21.4 Å². The lowest BCUT2D eigenvalue weighted by molar-refractivity contribution is 0.386. The number of ether oxygens (including phenoxy) is 1. The fourth-order valence-corrected chi connectivity index (χ4v) is 3.35. The van der Waals surface area contributed by atoms with Crippen LogP contribution in [0, 0.1) is 5.82 Å². The second-order valence-corrected chi connectivity index (χ2v) is 8.70. The zero-order chi connectivity index (χ0) is 17.7. The van der Waals surface area contributed by atoms with Crippen LogP contribution < -0.4 is 4.74 Å². The predicted octanol–water partition coefficient (Wildman–Crippen LogP) is 3.94. The molecule has 3 nitrogen and oxygen atoms in total. The molecular formula is C19H23FO3S. The van der Waals surface area contributed by atoms with Crippen molar-refractivity contribution in [1.29, 1.82) is 0 Å². The summed E-state index contributed by atoms with van der Waals surface area (Å²) in [5, 5.41) is -0.373. The van der Waals surface area contributed by atoms with E-state index in [1.165, 1.54) is 13.2 Å². The Kier molecular flexibility index (Phi) is 5.99. The van der Waals surface area contributed by atoms with E-state index in [1.54, 1.807) is 19.9 Å². The molecule has 0 bridgehead atoms. The van der Waals surface area contributed by atoms with Gasteiger partial charge in [0.25, 0.3) is 0 Å². The van der Waals surface area contributed by atoms with Crippen LogP contribution in [0.25, 0.3) is 0 Å². The summed E-state index contributed by atoms with van der Waals surface area (Å²) in [6, 6.07) is 12.5. The Bertz CT molecular complexity index is 781. The molecule has 2 aromatic rings. The van der Waals surface area contributed by atoms with Gasteiger partial charge in [-0.2, -0.15) is 0 Å². The highest BCUT2D eigenvalue weighted by Crippen LogP contribution is 2.19. The maximum atomic E-state index is 13.7. The minimum Gasteiger partial charge on any atom is -0.494 e. The van der Waals surface area contributed by atoms with Crippen LogP contribution in [0.15, 0.2) is 42.5 Å². The van der Waals surface area contributed by atoms with Gasteiger partial charge in [0.2, 0.25) is 0 Å². The highest BCUT2D eigenvalue weighted by molar-refractivity contribution is 7.91. The highest BCUT2D eigenvalue weighted by atomic mass is 32.2. The highest BCUT2D eigenvalue weighted by Gasteiger charge is 2.16. The molecule has 0 radical (unpaired) electrons. The second-order valence-electron chi connectivity index (χ2n) is 6.14. The van der Waals surface area contributed by atoms with Crippen molar-refractivity contribution in [3.63, 3.8) is 0 Å². The van der Waals surface area contributed by atoms with Crippen molar-refractivity contribution >= 4 is 9.84 Å². The molecule has 0 atom stereocenters. The molecule has 0 N–H and O–H groups in total. The molecule has 5 heteroatoms. The molecule has 0 aliphatic rings. The molecule has 0 heterocycles. The molecular weight excluding hydrogens is 327 g/mol. The van der Waals surface area contributed by atoms with E-state index < -0.39 is 9.84 Å². The van der Waals surface area contributed by atoms with Crippen molar-refractivity contribution in [3.8, 4) is 5.75 Å². The van der Waals surface area contributed by atoms with Crippen LogP contribution in [0.3, 0.4) is 0 Å². The number of hydrogen-bond acceptors (Lipinski definition) is 3. The van der Waals surface area contributed by atoms with Crippen LogP contribution >= 0.6 is 0 Å². The summed E-state index contributed by atoms with van der Waals surface area (Å²) < 4.78 is 42.4. The van der Waals surface area contributed by atoms with Gasteiger partial charge in [-0.1, -0.05) is 30.3 Å². The number of aryl methyl sites for hydroxylation is 2. The van der Waals surface area contributed by atoms with Crippen molar-refractivity contribution in [2.45, 2.75) is 37.7 Å². The molecule has 0 aliphatic heterocycles. The van der Waals surface area contributed by atoms with E-state index in [4.69, 9.17) is 4.74 Å². The fourth-order valence-electron chi connectivity index (χ4n) is 2.36. The molecule has 0 aliphatic carbocycles. The molecule has 0 spiro atoms. The molecule has 24 heavy (non-hydrogen) atoms. The Hall–Kier alpha value is -1.88. The minimum atomic E-state index is -3.08. The standard InChI is InChI=1S/C19H23FO3S/c1-14(2)24(21,22)13-17-8-5-15(6-9-17)4-7-16-10-11-19(23-3)18(20)12-16/h5-6,8-12,14H,4,7,13H2,1-3H3. The molecule has 2 rings (SSSR count). The lowest BCUT2D eigenvalue weighted by Gasteiger charge is -2.09. The summed E-state index contributed by atoms with van der Waals surface area (Å²) in [5.74, 6) is -0.0482. The number of halogens is 1. The summed E-state index contributed by atoms with van der Waals surface area (Å²) in [5.41, 5.74) is 2.79. The summed E-state index contributed by atoms with van der Waals surface area (Å²) in [7, 11) is -1.64. The molecule has 0 saturated heterocycles. The smallest absolute Gasteiger partial charge is 0.165 e.